The van der Waals surface area contributed by atoms with Crippen LogP contribution < -0.4 is 4.74 Å². The molecule has 1 aromatic heterocycles. The Labute approximate surface area is 163 Å². The van der Waals surface area contributed by atoms with E-state index >= 15 is 0 Å². The van der Waals surface area contributed by atoms with Crippen LogP contribution in [0.5, 0.6) is 5.75 Å². The standard InChI is InChI=1S/C21H23N3O4/c1-3-28-17-9-7-15(8-10-17)18-19(23(2)12-13-25)21(27)24(20(18)26)14-16-6-4-5-11-22-16/h4-11,25H,3,12-14H2,1-2H3. The maximum atomic E-state index is 13.1. The summed E-state index contributed by atoms with van der Waals surface area (Å²) in [5.41, 5.74) is 1.85. The number of hydrogen-bond donors (Lipinski definition) is 1. The highest BCUT2D eigenvalue weighted by atomic mass is 16.5. The molecule has 1 N–H and O–H groups in total. The van der Waals surface area contributed by atoms with Crippen LogP contribution in [-0.4, -0.2) is 58.5 Å². The molecular weight excluding hydrogens is 358 g/mol. The zero-order chi connectivity index (χ0) is 20.1. The smallest absolute Gasteiger partial charge is 0.278 e. The minimum absolute atomic E-state index is 0.0928. The summed E-state index contributed by atoms with van der Waals surface area (Å²) < 4.78 is 5.45. The summed E-state index contributed by atoms with van der Waals surface area (Å²) in [4.78, 5) is 33.2. The van der Waals surface area contributed by atoms with Crippen molar-refractivity contribution in [2.24, 2.45) is 0 Å². The molecule has 0 fully saturated rings. The lowest BCUT2D eigenvalue weighted by Gasteiger charge is -2.20. The van der Waals surface area contributed by atoms with Gasteiger partial charge in [0.2, 0.25) is 0 Å². The van der Waals surface area contributed by atoms with Crippen molar-refractivity contribution in [2.45, 2.75) is 13.5 Å². The van der Waals surface area contributed by atoms with E-state index in [0.29, 0.717) is 29.2 Å². The molecular formula is C21H23N3O4. The van der Waals surface area contributed by atoms with Crippen LogP contribution in [0.15, 0.2) is 54.4 Å². The first kappa shape index (κ1) is 19.6. The van der Waals surface area contributed by atoms with Crippen molar-refractivity contribution in [3.63, 3.8) is 0 Å². The molecule has 0 atom stereocenters. The second-order valence-electron chi connectivity index (χ2n) is 6.34. The number of rotatable bonds is 8. The van der Waals surface area contributed by atoms with Crippen LogP contribution in [0.2, 0.25) is 0 Å². The molecule has 2 amide bonds. The SMILES string of the molecule is CCOc1ccc(C2=C(N(C)CCO)C(=O)N(Cc3ccccn3)C2=O)cc1. The van der Waals surface area contributed by atoms with Crippen LogP contribution in [-0.2, 0) is 16.1 Å². The van der Waals surface area contributed by atoms with Gasteiger partial charge in [-0.3, -0.25) is 19.5 Å². The van der Waals surface area contributed by atoms with Gasteiger partial charge in [-0.25, -0.2) is 0 Å². The van der Waals surface area contributed by atoms with E-state index in [9.17, 15) is 14.7 Å². The topological polar surface area (TPSA) is 83.0 Å². The number of carbonyl (C=O) groups is 2. The second kappa shape index (κ2) is 8.67. The minimum atomic E-state index is -0.393. The first-order valence-electron chi connectivity index (χ1n) is 9.12. The van der Waals surface area contributed by atoms with E-state index < -0.39 is 5.91 Å². The van der Waals surface area contributed by atoms with Gasteiger partial charge in [0.1, 0.15) is 11.4 Å². The molecule has 28 heavy (non-hydrogen) atoms. The molecule has 3 rings (SSSR count). The largest absolute Gasteiger partial charge is 0.494 e. The molecule has 0 radical (unpaired) electrons. The summed E-state index contributed by atoms with van der Waals surface area (Å²) >= 11 is 0. The number of hydrogen-bond acceptors (Lipinski definition) is 6. The first-order valence-corrected chi connectivity index (χ1v) is 9.12. The average Bonchev–Trinajstić information content (AvgIpc) is 2.95. The van der Waals surface area contributed by atoms with Gasteiger partial charge in [0, 0.05) is 19.8 Å². The van der Waals surface area contributed by atoms with E-state index in [1.807, 2.05) is 13.0 Å². The molecule has 2 aromatic rings. The summed E-state index contributed by atoms with van der Waals surface area (Å²) in [6.45, 7) is 2.65. The Morgan fingerprint density at radius 1 is 1.11 bits per heavy atom. The van der Waals surface area contributed by atoms with Crippen LogP contribution in [0, 0.1) is 0 Å². The summed E-state index contributed by atoms with van der Waals surface area (Å²) in [7, 11) is 1.69. The molecule has 0 saturated heterocycles. The molecule has 0 spiro atoms. The van der Waals surface area contributed by atoms with Gasteiger partial charge in [-0.15, -0.1) is 0 Å². The van der Waals surface area contributed by atoms with Crippen molar-refractivity contribution in [3.8, 4) is 5.75 Å². The third kappa shape index (κ3) is 3.89. The molecule has 1 aliphatic rings. The van der Waals surface area contributed by atoms with E-state index in [-0.39, 0.29) is 31.3 Å². The van der Waals surface area contributed by atoms with E-state index in [0.717, 1.165) is 0 Å². The van der Waals surface area contributed by atoms with Crippen LogP contribution in [0.25, 0.3) is 5.57 Å². The highest BCUT2D eigenvalue weighted by molar-refractivity contribution is 6.35. The van der Waals surface area contributed by atoms with Crippen molar-refractivity contribution in [1.82, 2.24) is 14.8 Å². The van der Waals surface area contributed by atoms with E-state index in [4.69, 9.17) is 4.74 Å². The van der Waals surface area contributed by atoms with Gasteiger partial charge in [0.05, 0.1) is 31.0 Å². The van der Waals surface area contributed by atoms with Gasteiger partial charge in [-0.05, 0) is 36.8 Å². The quantitative estimate of drug-likeness (QED) is 0.701. The third-order valence-corrected chi connectivity index (χ3v) is 4.46. The maximum Gasteiger partial charge on any atom is 0.278 e. The van der Waals surface area contributed by atoms with Crippen molar-refractivity contribution in [2.75, 3.05) is 26.8 Å². The molecule has 1 aromatic carbocycles. The molecule has 2 heterocycles. The summed E-state index contributed by atoms with van der Waals surface area (Å²) in [5.74, 6) is -0.0747. The Morgan fingerprint density at radius 3 is 2.46 bits per heavy atom. The van der Waals surface area contributed by atoms with E-state index in [1.54, 1.807) is 54.5 Å². The third-order valence-electron chi connectivity index (χ3n) is 4.46. The van der Waals surface area contributed by atoms with Crippen molar-refractivity contribution >= 4 is 17.4 Å². The number of amides is 2. The molecule has 0 bridgehead atoms. The summed E-state index contributed by atoms with van der Waals surface area (Å²) in [6, 6.07) is 12.4. The Morgan fingerprint density at radius 2 is 1.86 bits per heavy atom. The van der Waals surface area contributed by atoms with E-state index in [1.165, 1.54) is 4.90 Å². The predicted octanol–water partition coefficient (Wildman–Crippen LogP) is 1.68. The zero-order valence-electron chi connectivity index (χ0n) is 16.0. The Balaban J connectivity index is 1.98. The number of imide groups is 1. The Bertz CT molecular complexity index is 878. The van der Waals surface area contributed by atoms with Crippen LogP contribution in [0.3, 0.4) is 0 Å². The minimum Gasteiger partial charge on any atom is -0.494 e. The lowest BCUT2D eigenvalue weighted by Crippen LogP contribution is -2.34. The lowest BCUT2D eigenvalue weighted by atomic mass is 10.0. The van der Waals surface area contributed by atoms with Crippen LogP contribution in [0.4, 0.5) is 0 Å². The number of pyridine rings is 1. The molecule has 1 aliphatic heterocycles. The highest BCUT2D eigenvalue weighted by Crippen LogP contribution is 2.32. The number of aliphatic hydroxyl groups excluding tert-OH is 1. The number of aliphatic hydroxyl groups is 1. The predicted molar refractivity (Wildman–Crippen MR) is 104 cm³/mol. The highest BCUT2D eigenvalue weighted by Gasteiger charge is 2.40. The average molecular weight is 381 g/mol. The molecule has 146 valence electrons. The van der Waals surface area contributed by atoms with Gasteiger partial charge in [0.25, 0.3) is 11.8 Å². The second-order valence-corrected chi connectivity index (χ2v) is 6.34. The van der Waals surface area contributed by atoms with Crippen LogP contribution >= 0.6 is 0 Å². The summed E-state index contributed by atoms with van der Waals surface area (Å²) in [6.07, 6.45) is 1.62. The van der Waals surface area contributed by atoms with E-state index in [2.05, 4.69) is 4.98 Å². The normalized spacial score (nSPS) is 14.0. The molecule has 0 aliphatic carbocycles. The first-order chi connectivity index (χ1) is 13.6. The molecule has 0 unspecified atom stereocenters. The number of ether oxygens (including phenoxy) is 1. The van der Waals surface area contributed by atoms with Crippen molar-refractivity contribution < 1.29 is 19.4 Å². The van der Waals surface area contributed by atoms with Crippen molar-refractivity contribution in [1.29, 1.82) is 0 Å². The van der Waals surface area contributed by atoms with Gasteiger partial charge < -0.3 is 14.7 Å². The lowest BCUT2D eigenvalue weighted by molar-refractivity contribution is -0.138. The summed E-state index contributed by atoms with van der Waals surface area (Å²) in [5, 5.41) is 9.30. The monoisotopic (exact) mass is 381 g/mol. The Hall–Kier alpha value is -3.19. The number of carbonyl (C=O) groups excluding carboxylic acids is 2. The number of aromatic nitrogens is 1. The van der Waals surface area contributed by atoms with Gasteiger partial charge in [-0.1, -0.05) is 18.2 Å². The number of nitrogens with zero attached hydrogens (tertiary/aromatic N) is 3. The molecule has 7 nitrogen and oxygen atoms in total. The van der Waals surface area contributed by atoms with Gasteiger partial charge in [0.15, 0.2) is 0 Å². The van der Waals surface area contributed by atoms with Gasteiger partial charge >= 0.3 is 0 Å². The fourth-order valence-corrected chi connectivity index (χ4v) is 3.12. The van der Waals surface area contributed by atoms with Gasteiger partial charge in [-0.2, -0.15) is 0 Å². The zero-order valence-corrected chi connectivity index (χ0v) is 16.0. The van der Waals surface area contributed by atoms with Crippen LogP contribution in [0.1, 0.15) is 18.2 Å². The molecule has 7 heteroatoms. The fourth-order valence-electron chi connectivity index (χ4n) is 3.12. The van der Waals surface area contributed by atoms with Crippen molar-refractivity contribution in [3.05, 3.63) is 65.6 Å². The fraction of sp³-hybridized carbons (Fsp3) is 0.286. The molecule has 0 saturated carbocycles. The number of likely N-dealkylation sites (N-methyl/N-ethyl adjacent to an activating group) is 1. The maximum absolute atomic E-state index is 13.1. The Kier molecular flexibility index (Phi) is 6.06. The number of benzene rings is 1.